The Morgan fingerprint density at radius 3 is 1.98 bits per heavy atom. The van der Waals surface area contributed by atoms with E-state index >= 15 is 0 Å². The number of nitrogens with zero attached hydrogens (tertiary/aromatic N) is 5. The molecule has 0 aromatic rings. The third-order valence-electron chi connectivity index (χ3n) is 13.0. The average molecular weight is 763 g/mol. The number of fused-ring (bicyclic) bond motifs is 3. The van der Waals surface area contributed by atoms with E-state index in [4.69, 9.17) is 37.2 Å². The monoisotopic (exact) mass is 762 g/mol. The second kappa shape index (κ2) is 15.9. The van der Waals surface area contributed by atoms with Gasteiger partial charge in [-0.1, -0.05) is 17.9 Å². The fourth-order valence-corrected chi connectivity index (χ4v) is 13.3. The SMILES string of the molecule is [C-]#[N+]C1CCC(N=NC2CCC(N=NC3C(SOOO)CC4CC(S(=O)(=O)O)C(N)CC4C3O)C3CC(S(=O)(=O)O)CCC23)C2CCCCC12. The van der Waals surface area contributed by atoms with E-state index in [9.17, 15) is 31.0 Å². The standard InChI is InChI=1S/C31H50N6O10S3/c1-33-24-8-9-25(19-5-3-2-4-18(19)24)34-35-26-10-11-27(22-14-17(49(40,41)42)6-7-20(22)26)36-37-30-28(48-47-46-39)12-16-13-29(50(43,44)45)23(32)15-21(16)31(30)38/h16-31,38-39H,2-15,32H2,(H,40,41,42)(H,43,44,45). The molecule has 0 aromatic heterocycles. The Hall–Kier alpha value is -1.34. The molecule has 0 amide bonds. The van der Waals surface area contributed by atoms with Gasteiger partial charge in [0.1, 0.15) is 11.3 Å². The Morgan fingerprint density at radius 2 is 1.34 bits per heavy atom. The smallest absolute Gasteiger partial charge is 0.269 e. The van der Waals surface area contributed by atoms with Crippen molar-refractivity contribution in [2.75, 3.05) is 0 Å². The first-order chi connectivity index (χ1) is 23.8. The highest BCUT2D eigenvalue weighted by molar-refractivity contribution is 7.95. The van der Waals surface area contributed by atoms with Gasteiger partial charge >= 0.3 is 0 Å². The number of aliphatic hydroxyl groups is 1. The van der Waals surface area contributed by atoms with Crippen LogP contribution in [0.1, 0.15) is 89.9 Å². The maximum atomic E-state index is 12.3. The number of hydrogen-bond donors (Lipinski definition) is 5. The summed E-state index contributed by atoms with van der Waals surface area (Å²) in [5.41, 5.74) is 6.15. The van der Waals surface area contributed by atoms with E-state index in [1.165, 1.54) is 0 Å². The molecule has 16 nitrogen and oxygen atoms in total. The molecule has 19 heteroatoms. The lowest BCUT2D eigenvalue weighted by Gasteiger charge is -2.48. The highest BCUT2D eigenvalue weighted by atomic mass is 32.2. The molecule has 0 bridgehead atoms. The number of rotatable bonds is 9. The Bertz CT molecular complexity index is 1510. The van der Waals surface area contributed by atoms with Gasteiger partial charge < -0.3 is 15.7 Å². The average Bonchev–Trinajstić information content (AvgIpc) is 3.08. The summed E-state index contributed by atoms with van der Waals surface area (Å²) in [4.78, 5) is 3.93. The highest BCUT2D eigenvalue weighted by Gasteiger charge is 2.52. The van der Waals surface area contributed by atoms with Crippen molar-refractivity contribution in [1.29, 1.82) is 0 Å². The zero-order valence-electron chi connectivity index (χ0n) is 27.9. The van der Waals surface area contributed by atoms with E-state index < -0.39 is 66.1 Å². The van der Waals surface area contributed by atoms with Gasteiger partial charge in [-0.15, -0.1) is 4.33 Å². The minimum absolute atomic E-state index is 0.0261. The Balaban J connectivity index is 1.20. The molecule has 16 atom stereocenters. The van der Waals surface area contributed by atoms with E-state index in [1.807, 2.05) is 0 Å². The van der Waals surface area contributed by atoms with Crippen molar-refractivity contribution in [1.82, 2.24) is 0 Å². The third kappa shape index (κ3) is 8.24. The molecule has 0 spiro atoms. The van der Waals surface area contributed by atoms with Crippen LogP contribution in [0.2, 0.25) is 0 Å². The van der Waals surface area contributed by atoms with Crippen LogP contribution in [-0.4, -0.2) is 94.4 Å². The molecule has 6 rings (SSSR count). The molecule has 6 N–H and O–H groups in total. The first-order valence-corrected chi connectivity index (χ1v) is 21.8. The Labute approximate surface area is 298 Å². The minimum atomic E-state index is -4.40. The van der Waals surface area contributed by atoms with Crippen LogP contribution in [0.5, 0.6) is 0 Å². The quantitative estimate of drug-likeness (QED) is 0.0543. The molecule has 0 heterocycles. The number of nitrogens with two attached hydrogens (primary N) is 1. The van der Waals surface area contributed by atoms with Gasteiger partial charge in [-0.25, -0.2) is 11.8 Å². The lowest BCUT2D eigenvalue weighted by Crippen LogP contribution is -2.57. The first kappa shape index (κ1) is 38.4. The predicted octanol–water partition coefficient (Wildman–Crippen LogP) is 4.53. The summed E-state index contributed by atoms with van der Waals surface area (Å²) in [7, 11) is -8.69. The minimum Gasteiger partial charge on any atom is -0.390 e. The van der Waals surface area contributed by atoms with Crippen LogP contribution < -0.4 is 5.73 Å². The molecule has 6 saturated carbocycles. The van der Waals surface area contributed by atoms with Gasteiger partial charge in [0.25, 0.3) is 20.2 Å². The van der Waals surface area contributed by atoms with Crippen LogP contribution in [0.25, 0.3) is 4.85 Å². The van der Waals surface area contributed by atoms with Crippen LogP contribution >= 0.6 is 12.0 Å². The molecule has 0 aromatic carbocycles. The summed E-state index contributed by atoms with van der Waals surface area (Å²) in [5, 5.41) is 40.8. The van der Waals surface area contributed by atoms with Crippen molar-refractivity contribution in [3.63, 3.8) is 0 Å². The zero-order valence-corrected chi connectivity index (χ0v) is 30.4. The van der Waals surface area contributed by atoms with Crippen molar-refractivity contribution in [2.45, 2.75) is 148 Å². The van der Waals surface area contributed by atoms with Crippen LogP contribution in [0.15, 0.2) is 20.5 Å². The van der Waals surface area contributed by atoms with Gasteiger partial charge in [-0.3, -0.25) is 9.11 Å². The van der Waals surface area contributed by atoms with Crippen molar-refractivity contribution >= 4 is 32.3 Å². The van der Waals surface area contributed by atoms with Crippen LogP contribution in [0, 0.1) is 42.1 Å². The van der Waals surface area contributed by atoms with Gasteiger partial charge in [0, 0.05) is 30.4 Å². The maximum Gasteiger partial charge on any atom is 0.269 e. The lowest BCUT2D eigenvalue weighted by atomic mass is 9.66. The molecule has 16 unspecified atom stereocenters. The van der Waals surface area contributed by atoms with E-state index in [1.54, 1.807) is 0 Å². The van der Waals surface area contributed by atoms with Crippen molar-refractivity contribution < 1.29 is 45.7 Å². The summed E-state index contributed by atoms with van der Waals surface area (Å²) in [6.45, 7) is 7.68. The van der Waals surface area contributed by atoms with E-state index in [-0.39, 0.29) is 55.1 Å². The van der Waals surface area contributed by atoms with Gasteiger partial charge in [0.15, 0.2) is 0 Å². The number of aliphatic hydroxyl groups excluding tert-OH is 1. The number of hydrogen-bond acceptors (Lipinski definition) is 14. The Morgan fingerprint density at radius 1 is 0.720 bits per heavy atom. The number of azo groups is 2. The summed E-state index contributed by atoms with van der Waals surface area (Å²) < 4.78 is 73.1. The molecule has 0 radical (unpaired) electrons. The topological polar surface area (TPSA) is 247 Å². The second-order valence-corrected chi connectivity index (χ2v) is 19.8. The molecule has 6 fully saturated rings. The van der Waals surface area contributed by atoms with Crippen molar-refractivity contribution in [2.24, 2.45) is 61.7 Å². The van der Waals surface area contributed by atoms with Crippen LogP contribution in [0.3, 0.4) is 0 Å². The van der Waals surface area contributed by atoms with E-state index in [2.05, 4.69) is 15.0 Å². The van der Waals surface area contributed by atoms with E-state index in [0.29, 0.717) is 43.9 Å². The van der Waals surface area contributed by atoms with Crippen molar-refractivity contribution in [3.8, 4) is 0 Å². The summed E-state index contributed by atoms with van der Waals surface area (Å²) in [6, 6.07) is -2.11. The zero-order chi connectivity index (χ0) is 35.8. The summed E-state index contributed by atoms with van der Waals surface area (Å²) in [6.07, 6.45) is 7.77. The molecule has 282 valence electrons. The molecule has 0 saturated heterocycles. The largest absolute Gasteiger partial charge is 0.390 e. The molecule has 50 heavy (non-hydrogen) atoms. The van der Waals surface area contributed by atoms with Gasteiger partial charge in [0.2, 0.25) is 6.04 Å². The molecular weight excluding hydrogens is 713 g/mol. The fraction of sp³-hybridized carbons (Fsp3) is 0.968. The molecule has 6 aliphatic rings. The predicted molar refractivity (Wildman–Crippen MR) is 182 cm³/mol. The molecular formula is C31H50N6O10S3. The maximum absolute atomic E-state index is 12.3. The fourth-order valence-electron chi connectivity index (χ4n) is 10.5. The van der Waals surface area contributed by atoms with E-state index in [0.717, 1.165) is 50.6 Å². The van der Waals surface area contributed by atoms with Crippen molar-refractivity contribution in [3.05, 3.63) is 11.4 Å². The highest BCUT2D eigenvalue weighted by Crippen LogP contribution is 2.49. The normalized spacial score (nSPS) is 45.8. The summed E-state index contributed by atoms with van der Waals surface area (Å²) in [5.74, 6) is -0.309. The van der Waals surface area contributed by atoms with Crippen LogP contribution in [-0.2, 0) is 29.6 Å². The van der Waals surface area contributed by atoms with Gasteiger partial charge in [-0.2, -0.15) is 37.3 Å². The second-order valence-electron chi connectivity index (χ2n) is 15.5. The van der Waals surface area contributed by atoms with Gasteiger partial charge in [0.05, 0.1) is 34.7 Å². The first-order valence-electron chi connectivity index (χ1n) is 18.0. The van der Waals surface area contributed by atoms with Gasteiger partial charge in [-0.05, 0) is 100 Å². The molecule has 0 aliphatic heterocycles. The third-order valence-corrected chi connectivity index (χ3v) is 16.5. The van der Waals surface area contributed by atoms with Crippen LogP contribution in [0.4, 0.5) is 0 Å². The lowest BCUT2D eigenvalue weighted by molar-refractivity contribution is -0.432. The molecule has 6 aliphatic carbocycles. The Kier molecular flexibility index (Phi) is 12.2. The summed E-state index contributed by atoms with van der Waals surface area (Å²) >= 11 is 0.732.